The highest BCUT2D eigenvalue weighted by atomic mass is 31.2. The number of carbonyl (C=O) groups is 2. The van der Waals surface area contributed by atoms with Crippen molar-refractivity contribution in [1.29, 1.82) is 0 Å². The number of unbranched alkanes of at least 4 members (excludes halogenated alkanes) is 12. The summed E-state index contributed by atoms with van der Waals surface area (Å²) >= 11 is 0. The number of terminal acetylenes is 1. The Morgan fingerprint density at radius 3 is 1.70 bits per heavy atom. The zero-order valence-corrected chi connectivity index (χ0v) is 36.4. The molecule has 0 aromatic rings. The van der Waals surface area contributed by atoms with Crippen LogP contribution in [-0.4, -0.2) is 115 Å². The lowest BCUT2D eigenvalue weighted by atomic mass is 9.85. The van der Waals surface area contributed by atoms with Crippen molar-refractivity contribution in [2.45, 2.75) is 172 Å². The van der Waals surface area contributed by atoms with Gasteiger partial charge in [0.15, 0.2) is 0 Å². The predicted molar refractivity (Wildman–Crippen MR) is 234 cm³/mol. The van der Waals surface area contributed by atoms with E-state index in [0.717, 1.165) is 32.1 Å². The fourth-order valence-corrected chi connectivity index (χ4v) is 7.23. The molecule has 1 amide bonds. The Kier molecular flexibility index (Phi) is 33.1. The van der Waals surface area contributed by atoms with E-state index in [1.54, 1.807) is 0 Å². The highest BCUT2D eigenvalue weighted by molar-refractivity contribution is 7.47. The molecule has 1 aliphatic rings. The van der Waals surface area contributed by atoms with Crippen molar-refractivity contribution < 1.29 is 92.0 Å². The highest BCUT2D eigenvalue weighted by Gasteiger charge is 2.54. The average molecular weight is 908 g/mol. The third-order valence-electron chi connectivity index (χ3n) is 8.74. The van der Waals surface area contributed by atoms with Gasteiger partial charge in [0.25, 0.3) is 0 Å². The number of esters is 1. The van der Waals surface area contributed by atoms with Crippen LogP contribution in [0.3, 0.4) is 0 Å². The minimum Gasteiger partial charge on any atom is -0.460 e. The van der Waals surface area contributed by atoms with E-state index in [2.05, 4.69) is 58.3 Å². The largest absolute Gasteiger partial charge is 0.472 e. The van der Waals surface area contributed by atoms with Gasteiger partial charge < -0.3 is 49.7 Å². The van der Waals surface area contributed by atoms with Crippen molar-refractivity contribution in [3.05, 3.63) is 0 Å². The zero-order valence-electron chi connectivity index (χ0n) is 34.6. The van der Waals surface area contributed by atoms with Crippen molar-refractivity contribution in [3.8, 4) is 48.0 Å². The molecule has 0 heterocycles. The van der Waals surface area contributed by atoms with Gasteiger partial charge in [0.05, 0.1) is 6.61 Å². The first-order chi connectivity index (χ1) is 28.5. The van der Waals surface area contributed by atoms with Gasteiger partial charge >= 0.3 is 21.6 Å². The number of amides is 1. The SMILES string of the molecule is C#CC#CC#CC#CNC(=O)CCC.CCCCCCCCCCCCCCCC(=O)O[C@H](CCCOCO)COP(=O)(O)OC1C(O)[C@H](O)C(OP(=O)(O)O)C(O)[C@@H]1O.[HH].[HH].[HH].[HH].[HH].[HH].[HH]. The van der Waals surface area contributed by atoms with Crippen LogP contribution in [-0.2, 0) is 41.8 Å². The van der Waals surface area contributed by atoms with E-state index in [0.29, 0.717) is 12.8 Å². The van der Waals surface area contributed by atoms with E-state index >= 15 is 0 Å². The van der Waals surface area contributed by atoms with E-state index in [1.807, 2.05) is 6.92 Å². The van der Waals surface area contributed by atoms with Gasteiger partial charge in [-0.25, -0.2) is 9.13 Å². The van der Waals surface area contributed by atoms with Crippen LogP contribution in [0.4, 0.5) is 0 Å². The summed E-state index contributed by atoms with van der Waals surface area (Å²) in [5.41, 5.74) is 0. The summed E-state index contributed by atoms with van der Waals surface area (Å²) in [7, 11) is -10.4. The summed E-state index contributed by atoms with van der Waals surface area (Å²) in [6.45, 7) is 3.06. The molecule has 0 aromatic heterocycles. The molecule has 1 aliphatic carbocycles. The normalized spacial score (nSPS) is 21.1. The first kappa shape index (κ1) is 57.2. The van der Waals surface area contributed by atoms with Crippen LogP contribution < -0.4 is 5.32 Å². The van der Waals surface area contributed by atoms with Gasteiger partial charge in [-0.1, -0.05) is 90.9 Å². The Morgan fingerprint density at radius 1 is 0.700 bits per heavy atom. The summed E-state index contributed by atoms with van der Waals surface area (Å²) in [6.07, 6.45) is 7.35. The maximum absolute atomic E-state index is 12.6. The molecule has 5 unspecified atom stereocenters. The number of phosphoric acid groups is 2. The quantitative estimate of drug-likeness (QED) is 0.0122. The molecule has 0 aromatic carbocycles. The zero-order chi connectivity index (χ0) is 45.2. The molecule has 0 saturated heterocycles. The lowest BCUT2D eigenvalue weighted by molar-refractivity contribution is -0.216. The van der Waals surface area contributed by atoms with Gasteiger partial charge in [-0.2, -0.15) is 0 Å². The molecule has 1 rings (SSSR count). The maximum atomic E-state index is 12.6. The van der Waals surface area contributed by atoms with Crippen molar-refractivity contribution in [3.63, 3.8) is 0 Å². The van der Waals surface area contributed by atoms with Gasteiger partial charge in [-0.05, 0) is 43.4 Å². The molecule has 20 heteroatoms. The Morgan fingerprint density at radius 2 is 1.20 bits per heavy atom. The van der Waals surface area contributed by atoms with Crippen LogP contribution in [0.25, 0.3) is 0 Å². The molecule has 60 heavy (non-hydrogen) atoms. The van der Waals surface area contributed by atoms with Gasteiger partial charge in [0.1, 0.15) is 49.5 Å². The number of aliphatic hydroxyl groups is 5. The van der Waals surface area contributed by atoms with Crippen LogP contribution in [0, 0.1) is 48.0 Å². The smallest absolute Gasteiger partial charge is 0.460 e. The van der Waals surface area contributed by atoms with Crippen molar-refractivity contribution in [1.82, 2.24) is 5.32 Å². The van der Waals surface area contributed by atoms with E-state index in [-0.39, 0.29) is 41.8 Å². The maximum Gasteiger partial charge on any atom is 0.472 e. The van der Waals surface area contributed by atoms with Crippen molar-refractivity contribution >= 4 is 27.5 Å². The molecule has 1 saturated carbocycles. The lowest BCUT2D eigenvalue weighted by Crippen LogP contribution is -2.64. The second kappa shape index (κ2) is 34.7. The standard InChI is InChI=1S/C28H56O16P2.C12H9NO.7H2/c1-2-3-4-5-6-7-8-9-10-11-12-13-14-17-22(30)42-21(16-15-18-40-20-29)19-41-46(38,39)44-28-25(33)23(31)27(24(32)26(28)34)43-45(35,36)37;1-3-5-6-7-8-9-11-13-12(14)10-4-2;;;;;;;/h21,23-29,31-34H,2-20H2,1H3,(H,38,39)(H2,35,36,37);1H,4,10H2,2H3,(H,13,14);7*1H/t21-,23+,24?,25?,26+,27?,28?;;;;;;;;/m1......../s1. The summed E-state index contributed by atoms with van der Waals surface area (Å²) in [4.78, 5) is 51.5. The molecule has 1 fully saturated rings. The minimum absolute atomic E-state index is 0. The minimum atomic E-state index is -5.27. The molecular formula is C40H79NO17P2. The molecule has 0 spiro atoms. The second-order valence-corrected chi connectivity index (χ2v) is 16.4. The Balaban J connectivity index is -0.000000240. The van der Waals surface area contributed by atoms with Gasteiger partial charge in [-0.15, -0.1) is 6.42 Å². The first-order valence-corrected chi connectivity index (χ1v) is 23.3. The predicted octanol–water partition coefficient (Wildman–Crippen LogP) is 4.79. The second-order valence-electron chi connectivity index (χ2n) is 13.8. The molecular weight excluding hydrogens is 828 g/mol. The molecule has 0 aliphatic heterocycles. The number of hydrogen-bond acceptors (Lipinski definition) is 14. The number of hydrogen-bond donors (Lipinski definition) is 9. The van der Waals surface area contributed by atoms with E-state index in [4.69, 9.17) is 39.8 Å². The van der Waals surface area contributed by atoms with Gasteiger partial charge in [-0.3, -0.25) is 28.5 Å². The summed E-state index contributed by atoms with van der Waals surface area (Å²) in [5.74, 6) is 13.4. The number of aliphatic hydroxyl groups excluding tert-OH is 5. The molecule has 0 radical (unpaired) electrons. The van der Waals surface area contributed by atoms with E-state index < -0.39 is 77.7 Å². The van der Waals surface area contributed by atoms with Gasteiger partial charge in [0.2, 0.25) is 5.91 Å². The van der Waals surface area contributed by atoms with Crippen LogP contribution in [0.15, 0.2) is 0 Å². The third kappa shape index (κ3) is 29.4. The molecule has 18 nitrogen and oxygen atoms in total. The van der Waals surface area contributed by atoms with Crippen molar-refractivity contribution in [2.75, 3.05) is 20.0 Å². The molecule has 9 N–H and O–H groups in total. The summed E-state index contributed by atoms with van der Waals surface area (Å²) in [5, 5.41) is 52.0. The Bertz CT molecular complexity index is 1550. The number of rotatable bonds is 29. The highest BCUT2D eigenvalue weighted by Crippen LogP contribution is 2.48. The number of nitrogens with one attached hydrogen (secondary N) is 1. The van der Waals surface area contributed by atoms with E-state index in [1.165, 1.54) is 51.4 Å². The topological polar surface area (TPSA) is 288 Å². The Hall–Kier alpha value is -2.84. The van der Waals surface area contributed by atoms with Crippen molar-refractivity contribution in [2.24, 2.45) is 0 Å². The molecule has 356 valence electrons. The number of phosphoric ester groups is 2. The lowest BCUT2D eigenvalue weighted by Gasteiger charge is -2.43. The summed E-state index contributed by atoms with van der Waals surface area (Å²) in [6, 6.07) is 2.40. The fraction of sp³-hybridized carbons (Fsp3) is 0.750. The van der Waals surface area contributed by atoms with Crippen LogP contribution >= 0.6 is 15.6 Å². The molecule has 0 bridgehead atoms. The number of ether oxygens (including phenoxy) is 2. The van der Waals surface area contributed by atoms with E-state index in [9.17, 15) is 44.0 Å². The first-order valence-electron chi connectivity index (χ1n) is 20.3. The van der Waals surface area contributed by atoms with Crippen LogP contribution in [0.1, 0.15) is 139 Å². The van der Waals surface area contributed by atoms with Crippen LogP contribution in [0.5, 0.6) is 0 Å². The number of carbonyl (C=O) groups excluding carboxylic acids is 2. The monoisotopic (exact) mass is 907 g/mol. The Labute approximate surface area is 364 Å². The summed E-state index contributed by atoms with van der Waals surface area (Å²) < 4.78 is 48.0. The average Bonchev–Trinajstić information content (AvgIpc) is 3.19. The van der Waals surface area contributed by atoms with Gasteiger partial charge in [0, 0.05) is 53.2 Å². The van der Waals surface area contributed by atoms with Crippen LogP contribution in [0.2, 0.25) is 0 Å². The molecule has 8 atom stereocenters. The fourth-order valence-electron chi connectivity index (χ4n) is 5.69. The third-order valence-corrected chi connectivity index (χ3v) is 10.2.